The molecule has 0 aliphatic heterocycles. The molecule has 0 fully saturated rings. The number of rotatable bonds is 4. The minimum absolute atomic E-state index is 0.157. The summed E-state index contributed by atoms with van der Waals surface area (Å²) >= 11 is 0. The van der Waals surface area contributed by atoms with E-state index in [1.807, 2.05) is 0 Å². The van der Waals surface area contributed by atoms with E-state index in [1.165, 1.54) is 22.9 Å². The zero-order chi connectivity index (χ0) is 15.6. The van der Waals surface area contributed by atoms with Crippen LogP contribution in [0.1, 0.15) is 6.92 Å². The van der Waals surface area contributed by atoms with Gasteiger partial charge in [-0.3, -0.25) is 9.52 Å². The SMILES string of the molecule is CCn1cc(NS(=O)(=O)c2ccc(F)c(N)c2)ccc1=O. The fourth-order valence-electron chi connectivity index (χ4n) is 1.74. The van der Waals surface area contributed by atoms with Gasteiger partial charge < -0.3 is 10.3 Å². The summed E-state index contributed by atoms with van der Waals surface area (Å²) < 4.78 is 41.1. The second kappa shape index (κ2) is 5.57. The molecule has 0 aliphatic carbocycles. The number of nitrogen functional groups attached to an aromatic ring is 1. The quantitative estimate of drug-likeness (QED) is 0.834. The Morgan fingerprint density at radius 3 is 2.62 bits per heavy atom. The van der Waals surface area contributed by atoms with E-state index < -0.39 is 15.8 Å². The molecule has 8 heteroatoms. The second-order valence-corrected chi connectivity index (χ2v) is 6.01. The number of halogens is 1. The van der Waals surface area contributed by atoms with E-state index in [0.717, 1.165) is 18.2 Å². The van der Waals surface area contributed by atoms with E-state index in [-0.39, 0.29) is 21.8 Å². The Kier molecular flexibility index (Phi) is 3.99. The molecule has 0 unspecified atom stereocenters. The Balaban J connectivity index is 2.37. The van der Waals surface area contributed by atoms with Crippen molar-refractivity contribution in [3.8, 4) is 0 Å². The third-order valence-corrected chi connectivity index (χ3v) is 4.23. The van der Waals surface area contributed by atoms with Gasteiger partial charge in [0.1, 0.15) is 5.82 Å². The molecule has 0 saturated heterocycles. The van der Waals surface area contributed by atoms with Crippen LogP contribution in [0.25, 0.3) is 0 Å². The fourth-order valence-corrected chi connectivity index (χ4v) is 2.82. The first-order valence-electron chi connectivity index (χ1n) is 6.12. The number of benzene rings is 1. The van der Waals surface area contributed by atoms with Crippen LogP contribution in [0.15, 0.2) is 46.2 Å². The lowest BCUT2D eigenvalue weighted by atomic mass is 10.3. The molecule has 3 N–H and O–H groups in total. The van der Waals surface area contributed by atoms with Crippen molar-refractivity contribution in [1.82, 2.24) is 4.57 Å². The molecule has 0 spiro atoms. The van der Waals surface area contributed by atoms with Crippen LogP contribution in [-0.4, -0.2) is 13.0 Å². The lowest BCUT2D eigenvalue weighted by molar-refractivity contribution is 0.600. The van der Waals surface area contributed by atoms with E-state index in [4.69, 9.17) is 5.73 Å². The number of hydrogen-bond acceptors (Lipinski definition) is 4. The first-order valence-corrected chi connectivity index (χ1v) is 7.60. The van der Waals surface area contributed by atoms with Crippen molar-refractivity contribution in [1.29, 1.82) is 0 Å². The average molecular weight is 311 g/mol. The number of sulfonamides is 1. The summed E-state index contributed by atoms with van der Waals surface area (Å²) in [5.74, 6) is -0.687. The van der Waals surface area contributed by atoms with E-state index in [1.54, 1.807) is 6.92 Å². The summed E-state index contributed by atoms with van der Waals surface area (Å²) in [4.78, 5) is 11.3. The summed E-state index contributed by atoms with van der Waals surface area (Å²) in [6.45, 7) is 2.18. The summed E-state index contributed by atoms with van der Waals surface area (Å²) in [7, 11) is -3.90. The van der Waals surface area contributed by atoms with Crippen molar-refractivity contribution in [2.24, 2.45) is 0 Å². The van der Waals surface area contributed by atoms with Crippen LogP contribution >= 0.6 is 0 Å². The predicted octanol–water partition coefficient (Wildman–Crippen LogP) is 1.39. The predicted molar refractivity (Wildman–Crippen MR) is 78.0 cm³/mol. The number of nitrogens with zero attached hydrogens (tertiary/aromatic N) is 1. The molecule has 0 radical (unpaired) electrons. The van der Waals surface area contributed by atoms with Gasteiger partial charge in [-0.2, -0.15) is 0 Å². The number of nitrogens with two attached hydrogens (primary N) is 1. The minimum Gasteiger partial charge on any atom is -0.396 e. The van der Waals surface area contributed by atoms with Crippen LogP contribution in [-0.2, 0) is 16.6 Å². The summed E-state index contributed by atoms with van der Waals surface area (Å²) in [5.41, 5.74) is 5.12. The summed E-state index contributed by atoms with van der Waals surface area (Å²) in [6.07, 6.45) is 1.40. The molecule has 2 aromatic rings. The van der Waals surface area contributed by atoms with Crippen molar-refractivity contribution in [3.63, 3.8) is 0 Å². The van der Waals surface area contributed by atoms with Crippen molar-refractivity contribution in [3.05, 3.63) is 52.7 Å². The van der Waals surface area contributed by atoms with E-state index >= 15 is 0 Å². The molecule has 0 saturated carbocycles. The van der Waals surface area contributed by atoms with Crippen molar-refractivity contribution >= 4 is 21.4 Å². The third-order valence-electron chi connectivity index (χ3n) is 2.85. The normalized spacial score (nSPS) is 11.3. The first kappa shape index (κ1) is 15.0. The maximum Gasteiger partial charge on any atom is 0.262 e. The van der Waals surface area contributed by atoms with Gasteiger partial charge in [-0.05, 0) is 31.2 Å². The van der Waals surface area contributed by atoms with Crippen LogP contribution in [0.3, 0.4) is 0 Å². The van der Waals surface area contributed by atoms with Crippen LogP contribution < -0.4 is 16.0 Å². The number of anilines is 2. The van der Waals surface area contributed by atoms with Crippen LogP contribution in [0.5, 0.6) is 0 Å². The zero-order valence-electron chi connectivity index (χ0n) is 11.2. The molecular formula is C13H14FN3O3S. The average Bonchev–Trinajstić information content (AvgIpc) is 2.43. The highest BCUT2D eigenvalue weighted by Crippen LogP contribution is 2.19. The maximum absolute atomic E-state index is 13.1. The van der Waals surface area contributed by atoms with Crippen LogP contribution in [0.4, 0.5) is 15.8 Å². The highest BCUT2D eigenvalue weighted by atomic mass is 32.2. The maximum atomic E-state index is 13.1. The van der Waals surface area contributed by atoms with E-state index in [0.29, 0.717) is 6.54 Å². The Bertz CT molecular complexity index is 831. The largest absolute Gasteiger partial charge is 0.396 e. The van der Waals surface area contributed by atoms with Gasteiger partial charge >= 0.3 is 0 Å². The molecule has 0 bridgehead atoms. The van der Waals surface area contributed by atoms with Gasteiger partial charge in [0.2, 0.25) is 0 Å². The molecule has 0 atom stereocenters. The third kappa shape index (κ3) is 3.22. The van der Waals surface area contributed by atoms with Gasteiger partial charge in [-0.15, -0.1) is 0 Å². The standard InChI is InChI=1S/C13H14FN3O3S/c1-2-17-8-9(3-6-13(17)18)16-21(19,20)10-4-5-11(14)12(15)7-10/h3-8,16H,2,15H2,1H3. The smallest absolute Gasteiger partial charge is 0.262 e. The van der Waals surface area contributed by atoms with E-state index in [2.05, 4.69) is 4.72 Å². The molecule has 1 heterocycles. The van der Waals surface area contributed by atoms with Gasteiger partial charge in [0.15, 0.2) is 0 Å². The fraction of sp³-hybridized carbons (Fsp3) is 0.154. The van der Waals surface area contributed by atoms with Gasteiger partial charge in [0.25, 0.3) is 15.6 Å². The Labute approximate surface area is 121 Å². The lowest BCUT2D eigenvalue weighted by Gasteiger charge is -2.10. The molecule has 1 aromatic heterocycles. The number of hydrogen-bond donors (Lipinski definition) is 2. The van der Waals surface area contributed by atoms with E-state index in [9.17, 15) is 17.6 Å². The van der Waals surface area contributed by atoms with Crippen molar-refractivity contribution in [2.75, 3.05) is 10.5 Å². The first-order chi connectivity index (χ1) is 9.83. The number of pyridine rings is 1. The Hall–Kier alpha value is -2.35. The zero-order valence-corrected chi connectivity index (χ0v) is 12.0. The lowest BCUT2D eigenvalue weighted by Crippen LogP contribution is -2.20. The summed E-state index contributed by atoms with van der Waals surface area (Å²) in [6, 6.07) is 5.76. The highest BCUT2D eigenvalue weighted by molar-refractivity contribution is 7.92. The molecule has 112 valence electrons. The van der Waals surface area contributed by atoms with Crippen molar-refractivity contribution < 1.29 is 12.8 Å². The Morgan fingerprint density at radius 2 is 2.00 bits per heavy atom. The van der Waals surface area contributed by atoms with Crippen LogP contribution in [0, 0.1) is 5.82 Å². The van der Waals surface area contributed by atoms with Crippen LogP contribution in [0.2, 0.25) is 0 Å². The Morgan fingerprint density at radius 1 is 1.29 bits per heavy atom. The molecule has 6 nitrogen and oxygen atoms in total. The van der Waals surface area contributed by atoms with Crippen molar-refractivity contribution in [2.45, 2.75) is 18.4 Å². The molecule has 0 amide bonds. The number of nitrogens with one attached hydrogen (secondary N) is 1. The minimum atomic E-state index is -3.90. The molecule has 2 rings (SSSR count). The van der Waals surface area contributed by atoms with Gasteiger partial charge in [0.05, 0.1) is 16.3 Å². The number of aromatic nitrogens is 1. The van der Waals surface area contributed by atoms with Gasteiger partial charge in [-0.25, -0.2) is 12.8 Å². The molecule has 1 aromatic carbocycles. The molecule has 0 aliphatic rings. The highest BCUT2D eigenvalue weighted by Gasteiger charge is 2.16. The molecular weight excluding hydrogens is 297 g/mol. The van der Waals surface area contributed by atoms with Gasteiger partial charge in [0, 0.05) is 18.8 Å². The second-order valence-electron chi connectivity index (χ2n) is 4.33. The monoisotopic (exact) mass is 311 g/mol. The summed E-state index contributed by atoms with van der Waals surface area (Å²) in [5, 5.41) is 0. The number of aryl methyl sites for hydroxylation is 1. The topological polar surface area (TPSA) is 94.2 Å². The van der Waals surface area contributed by atoms with Gasteiger partial charge in [-0.1, -0.05) is 0 Å². The molecule has 21 heavy (non-hydrogen) atoms.